The van der Waals surface area contributed by atoms with E-state index in [2.05, 4.69) is 0 Å². The molecule has 4 aromatic rings. The fraction of sp³-hybridized carbons (Fsp3) is 0.226. The normalized spacial score (nSPS) is 16.0. The quantitative estimate of drug-likeness (QED) is 0.0788. The molecule has 0 bridgehead atoms. The highest BCUT2D eigenvalue weighted by Gasteiger charge is 2.44. The number of ketones is 1. The molecule has 2 aliphatic heterocycles. The van der Waals surface area contributed by atoms with Crippen LogP contribution in [0.4, 0.5) is 10.5 Å². The lowest BCUT2D eigenvalue weighted by atomic mass is 9.83. The molecule has 0 radical (unpaired) electrons. The Hall–Kier alpha value is -5.72. The molecule has 3 aromatic carbocycles. The number of carbonyl (C=O) groups excluding carboxylic acids is 2. The summed E-state index contributed by atoms with van der Waals surface area (Å²) in [6, 6.07) is 15.9. The van der Waals surface area contributed by atoms with Crippen molar-refractivity contribution in [1.29, 1.82) is 0 Å². The summed E-state index contributed by atoms with van der Waals surface area (Å²) in [5.74, 6) is 0.348. The molecule has 44 heavy (non-hydrogen) atoms. The Bertz CT molecular complexity index is 1980. The molecule has 6 rings (SSSR count). The molecule has 1 atom stereocenters. The van der Waals surface area contributed by atoms with Crippen LogP contribution in [0.2, 0.25) is 0 Å². The lowest BCUT2D eigenvalue weighted by molar-refractivity contribution is -0.384. The molecule has 0 spiro atoms. The van der Waals surface area contributed by atoms with Crippen molar-refractivity contribution in [2.75, 3.05) is 0 Å². The molecule has 0 saturated heterocycles. The number of aromatic nitrogens is 3. The van der Waals surface area contributed by atoms with E-state index in [4.69, 9.17) is 14.2 Å². The number of ether oxygens (including phenoxy) is 3. The predicted octanol–water partition coefficient (Wildman–Crippen LogP) is 4.33. The molecule has 1 unspecified atom stereocenters. The molecule has 0 aliphatic carbocycles. The van der Waals surface area contributed by atoms with E-state index in [9.17, 15) is 29.3 Å². The zero-order valence-corrected chi connectivity index (χ0v) is 23.9. The first-order valence-electron chi connectivity index (χ1n) is 13.6. The Kier molecular flexibility index (Phi) is 6.79. The lowest BCUT2D eigenvalue weighted by Crippen LogP contribution is -2.46. The number of carbonyl (C=O) groups is 2. The number of fused-ring (bicyclic) bond motifs is 5. The van der Waals surface area contributed by atoms with Gasteiger partial charge in [-0.15, -0.1) is 0 Å². The third-order valence-corrected chi connectivity index (χ3v) is 7.66. The third kappa shape index (κ3) is 4.87. The minimum atomic E-state index is -0.991. The number of benzene rings is 3. The number of Topliss-reactive ketones (excluding diaryl/α,β-unsaturated/α-hetero) is 1. The van der Waals surface area contributed by atoms with Crippen molar-refractivity contribution < 1.29 is 28.7 Å². The van der Waals surface area contributed by atoms with Crippen molar-refractivity contribution in [2.45, 2.75) is 45.6 Å². The maximum Gasteiger partial charge on any atom is 0.514 e. The third-order valence-electron chi connectivity index (χ3n) is 7.66. The van der Waals surface area contributed by atoms with Crippen LogP contribution >= 0.6 is 0 Å². The first-order chi connectivity index (χ1) is 20.9. The lowest BCUT2D eigenvalue weighted by Gasteiger charge is -2.42. The average Bonchev–Trinajstić information content (AvgIpc) is 3.25. The van der Waals surface area contributed by atoms with E-state index in [0.717, 1.165) is 10.1 Å². The van der Waals surface area contributed by atoms with Gasteiger partial charge in [-0.1, -0.05) is 6.08 Å². The fourth-order valence-electron chi connectivity index (χ4n) is 5.49. The van der Waals surface area contributed by atoms with E-state index in [-0.39, 0.29) is 30.4 Å². The molecule has 0 fully saturated rings. The second-order valence-electron chi connectivity index (χ2n) is 10.9. The second-order valence-corrected chi connectivity index (χ2v) is 10.9. The van der Waals surface area contributed by atoms with Crippen molar-refractivity contribution >= 4 is 17.6 Å². The standard InChI is InChI=1S/C31H26N4O9/c1-18(36)20-6-10-21(11-7-20)33-28(37)32-15-14-25-27(34(32)29(33)38)24-13-12-23(16-26(24)44-31(25,2)3)43-30(39)42-17-19-4-8-22(9-5-19)35(40)41/h4-14,16,27H,15,17H2,1-3H3. The van der Waals surface area contributed by atoms with Crippen LogP contribution in [0.3, 0.4) is 0 Å². The van der Waals surface area contributed by atoms with Gasteiger partial charge in [0.25, 0.3) is 5.69 Å². The van der Waals surface area contributed by atoms with E-state index in [1.165, 1.54) is 52.7 Å². The molecule has 13 heteroatoms. The zero-order valence-electron chi connectivity index (χ0n) is 23.9. The van der Waals surface area contributed by atoms with Crippen molar-refractivity contribution in [3.63, 3.8) is 0 Å². The Morgan fingerprint density at radius 3 is 2.39 bits per heavy atom. The number of nitrogens with zero attached hydrogens (tertiary/aromatic N) is 4. The number of hydrogen-bond donors (Lipinski definition) is 0. The molecular formula is C31H26N4O9. The minimum Gasteiger partial charge on any atom is -0.483 e. The highest BCUT2D eigenvalue weighted by atomic mass is 16.7. The highest BCUT2D eigenvalue weighted by molar-refractivity contribution is 5.94. The van der Waals surface area contributed by atoms with Crippen LogP contribution in [0.1, 0.15) is 48.3 Å². The maximum atomic E-state index is 13.8. The number of allylic oxidation sites excluding steroid dienone is 1. The topological polar surface area (TPSA) is 154 Å². The fourth-order valence-corrected chi connectivity index (χ4v) is 5.49. The number of non-ortho nitro benzene ring substituents is 1. The summed E-state index contributed by atoms with van der Waals surface area (Å²) in [4.78, 5) is 61.7. The van der Waals surface area contributed by atoms with E-state index in [1.807, 2.05) is 19.9 Å². The van der Waals surface area contributed by atoms with Gasteiger partial charge in [0.1, 0.15) is 29.7 Å². The molecule has 0 saturated carbocycles. The molecule has 3 heterocycles. The van der Waals surface area contributed by atoms with Gasteiger partial charge in [-0.05, 0) is 80.4 Å². The summed E-state index contributed by atoms with van der Waals surface area (Å²) in [7, 11) is 0. The smallest absolute Gasteiger partial charge is 0.483 e. The number of hydrogen-bond acceptors (Lipinski definition) is 9. The number of nitro benzene ring substituents is 1. The molecule has 13 nitrogen and oxygen atoms in total. The van der Waals surface area contributed by atoms with Crippen LogP contribution in [0.15, 0.2) is 88.0 Å². The molecule has 0 amide bonds. The van der Waals surface area contributed by atoms with Gasteiger partial charge in [0.05, 0.1) is 17.2 Å². The maximum absolute atomic E-state index is 13.8. The van der Waals surface area contributed by atoms with Crippen molar-refractivity contribution in [3.8, 4) is 17.2 Å². The summed E-state index contributed by atoms with van der Waals surface area (Å²) in [5, 5.41) is 10.8. The Balaban J connectivity index is 1.29. The summed E-state index contributed by atoms with van der Waals surface area (Å²) in [6.45, 7) is 5.12. The van der Waals surface area contributed by atoms with Crippen LogP contribution in [-0.2, 0) is 17.9 Å². The van der Waals surface area contributed by atoms with E-state index >= 15 is 0 Å². The van der Waals surface area contributed by atoms with Gasteiger partial charge in [0.15, 0.2) is 5.78 Å². The minimum absolute atomic E-state index is 0.0802. The van der Waals surface area contributed by atoms with Crippen molar-refractivity contribution in [3.05, 3.63) is 126 Å². The molecule has 2 aliphatic rings. The molecular weight excluding hydrogens is 572 g/mol. The Morgan fingerprint density at radius 2 is 1.73 bits per heavy atom. The van der Waals surface area contributed by atoms with E-state index < -0.39 is 34.1 Å². The van der Waals surface area contributed by atoms with Gasteiger partial charge in [-0.25, -0.2) is 28.3 Å². The second kappa shape index (κ2) is 10.5. The van der Waals surface area contributed by atoms with E-state index in [0.29, 0.717) is 28.1 Å². The van der Waals surface area contributed by atoms with Gasteiger partial charge in [0.2, 0.25) is 0 Å². The number of rotatable bonds is 6. The molecule has 1 aromatic heterocycles. The zero-order chi connectivity index (χ0) is 31.3. The van der Waals surface area contributed by atoms with Gasteiger partial charge in [-0.2, -0.15) is 0 Å². The van der Waals surface area contributed by atoms with Crippen LogP contribution in [-0.4, -0.2) is 36.4 Å². The van der Waals surface area contributed by atoms with Crippen LogP contribution < -0.4 is 20.9 Å². The van der Waals surface area contributed by atoms with Gasteiger partial charge in [0, 0.05) is 29.3 Å². The first kappa shape index (κ1) is 28.4. The molecule has 0 N–H and O–H groups in total. The largest absolute Gasteiger partial charge is 0.514 e. The SMILES string of the molecule is CC(=O)c1ccc(-n2c(=O)n3n(c2=O)C2C(=CC3)C(C)(C)Oc3cc(OC(=O)OCc4ccc([N+](=O)[O-])cc4)ccc32)cc1. The van der Waals surface area contributed by atoms with E-state index in [1.54, 1.807) is 30.3 Å². The highest BCUT2D eigenvalue weighted by Crippen LogP contribution is 2.47. The molecule has 224 valence electrons. The predicted molar refractivity (Wildman–Crippen MR) is 156 cm³/mol. The monoisotopic (exact) mass is 598 g/mol. The first-order valence-corrected chi connectivity index (χ1v) is 13.6. The van der Waals surface area contributed by atoms with Crippen LogP contribution in [0.25, 0.3) is 5.69 Å². The Labute approximate surface area is 249 Å². The van der Waals surface area contributed by atoms with Crippen molar-refractivity contribution in [1.82, 2.24) is 13.9 Å². The summed E-state index contributed by atoms with van der Waals surface area (Å²) < 4.78 is 20.6. The summed E-state index contributed by atoms with van der Waals surface area (Å²) >= 11 is 0. The van der Waals surface area contributed by atoms with Crippen LogP contribution in [0.5, 0.6) is 11.5 Å². The number of nitro groups is 1. The Morgan fingerprint density at radius 1 is 1.02 bits per heavy atom. The van der Waals surface area contributed by atoms with Gasteiger partial charge in [-0.3, -0.25) is 14.9 Å². The van der Waals surface area contributed by atoms with Gasteiger partial charge < -0.3 is 14.2 Å². The summed E-state index contributed by atoms with van der Waals surface area (Å²) in [6.07, 6.45) is 0.881. The average molecular weight is 599 g/mol. The summed E-state index contributed by atoms with van der Waals surface area (Å²) in [5.41, 5.74) is 0.670. The van der Waals surface area contributed by atoms with Crippen molar-refractivity contribution in [2.24, 2.45) is 0 Å². The van der Waals surface area contributed by atoms with Crippen LogP contribution in [0, 0.1) is 10.1 Å². The van der Waals surface area contributed by atoms with Gasteiger partial charge >= 0.3 is 17.5 Å².